The van der Waals surface area contributed by atoms with Crippen molar-refractivity contribution in [3.8, 4) is 0 Å². The Morgan fingerprint density at radius 3 is 2.15 bits per heavy atom. The Morgan fingerprint density at radius 2 is 1.60 bits per heavy atom. The second-order valence-corrected chi connectivity index (χ2v) is 5.57. The van der Waals surface area contributed by atoms with Gasteiger partial charge in [0, 0.05) is 5.56 Å². The highest BCUT2D eigenvalue weighted by Crippen LogP contribution is 2.30. The highest BCUT2D eigenvalue weighted by Gasteiger charge is 2.26. The lowest BCUT2D eigenvalue weighted by atomic mass is 10.0. The number of alkyl halides is 2. The first-order chi connectivity index (χ1) is 9.63. The highest BCUT2D eigenvalue weighted by molar-refractivity contribution is 6.39. The summed E-state index contributed by atoms with van der Waals surface area (Å²) in [5.74, 6) is -0.141. The standard InChI is InChI=1S/C17H16Cl2O/c1-2-12-8-10-14(11-9-12)17(20)16(19)15(18)13-6-4-3-5-7-13/h3-11,15-16H,2H2,1H3/t15-,16-/m1/s1. The van der Waals surface area contributed by atoms with Crippen molar-refractivity contribution in [3.05, 3.63) is 71.3 Å². The lowest BCUT2D eigenvalue weighted by Crippen LogP contribution is -2.20. The van der Waals surface area contributed by atoms with E-state index in [2.05, 4.69) is 6.92 Å². The second-order valence-electron chi connectivity index (χ2n) is 4.63. The predicted octanol–water partition coefficient (Wildman–Crippen LogP) is 5.02. The molecule has 2 rings (SSSR count). The highest BCUT2D eigenvalue weighted by atomic mass is 35.5. The van der Waals surface area contributed by atoms with E-state index >= 15 is 0 Å². The van der Waals surface area contributed by atoms with Crippen molar-refractivity contribution in [3.63, 3.8) is 0 Å². The third-order valence-electron chi connectivity index (χ3n) is 3.27. The molecule has 0 heterocycles. The molecule has 2 aromatic rings. The number of Topliss-reactive ketones (excluding diaryl/α,β-unsaturated/α-hetero) is 1. The maximum absolute atomic E-state index is 12.3. The number of hydrogen-bond donors (Lipinski definition) is 0. The number of carbonyl (C=O) groups excluding carboxylic acids is 1. The van der Waals surface area contributed by atoms with E-state index in [4.69, 9.17) is 23.2 Å². The van der Waals surface area contributed by atoms with Gasteiger partial charge in [0.15, 0.2) is 5.78 Å². The van der Waals surface area contributed by atoms with E-state index in [0.717, 1.165) is 12.0 Å². The van der Waals surface area contributed by atoms with E-state index in [0.29, 0.717) is 5.56 Å². The van der Waals surface area contributed by atoms with Crippen molar-refractivity contribution in [2.45, 2.75) is 24.1 Å². The average Bonchev–Trinajstić information content (AvgIpc) is 2.53. The van der Waals surface area contributed by atoms with E-state index in [1.54, 1.807) is 0 Å². The summed E-state index contributed by atoms with van der Waals surface area (Å²) in [6.45, 7) is 2.07. The van der Waals surface area contributed by atoms with Crippen LogP contribution in [0, 0.1) is 0 Å². The van der Waals surface area contributed by atoms with Gasteiger partial charge in [0.1, 0.15) is 5.38 Å². The summed E-state index contributed by atoms with van der Waals surface area (Å²) in [7, 11) is 0. The molecule has 2 aromatic carbocycles. The van der Waals surface area contributed by atoms with Gasteiger partial charge in [-0.2, -0.15) is 0 Å². The van der Waals surface area contributed by atoms with Crippen molar-refractivity contribution in [1.29, 1.82) is 0 Å². The van der Waals surface area contributed by atoms with E-state index < -0.39 is 10.8 Å². The van der Waals surface area contributed by atoms with Crippen LogP contribution in [0.5, 0.6) is 0 Å². The number of halogens is 2. The van der Waals surface area contributed by atoms with Crippen molar-refractivity contribution < 1.29 is 4.79 Å². The largest absolute Gasteiger partial charge is 0.292 e. The fraction of sp³-hybridized carbons (Fsp3) is 0.235. The Balaban J connectivity index is 2.15. The van der Waals surface area contributed by atoms with Gasteiger partial charge < -0.3 is 0 Å². The number of benzene rings is 2. The number of hydrogen-bond acceptors (Lipinski definition) is 1. The maximum Gasteiger partial charge on any atom is 0.182 e. The summed E-state index contributed by atoms with van der Waals surface area (Å²) in [5.41, 5.74) is 2.65. The monoisotopic (exact) mass is 306 g/mol. The summed E-state index contributed by atoms with van der Waals surface area (Å²) >= 11 is 12.6. The Morgan fingerprint density at radius 1 is 1.00 bits per heavy atom. The number of carbonyl (C=O) groups is 1. The number of ketones is 1. The first kappa shape index (κ1) is 15.1. The Kier molecular flexibility index (Phi) is 5.22. The van der Waals surface area contributed by atoms with Crippen LogP contribution in [-0.2, 0) is 6.42 Å². The van der Waals surface area contributed by atoms with Gasteiger partial charge in [-0.1, -0.05) is 61.5 Å². The van der Waals surface area contributed by atoms with Gasteiger partial charge in [0.25, 0.3) is 0 Å². The molecule has 0 unspecified atom stereocenters. The normalized spacial score (nSPS) is 13.8. The van der Waals surface area contributed by atoms with E-state index in [1.807, 2.05) is 54.6 Å². The van der Waals surface area contributed by atoms with E-state index in [1.165, 1.54) is 5.56 Å². The Bertz CT molecular complexity index is 563. The molecular formula is C17H16Cl2O. The van der Waals surface area contributed by atoms with Crippen LogP contribution in [0.1, 0.15) is 33.8 Å². The van der Waals surface area contributed by atoms with Gasteiger partial charge in [-0.25, -0.2) is 0 Å². The molecule has 0 aromatic heterocycles. The zero-order valence-corrected chi connectivity index (χ0v) is 12.7. The summed E-state index contributed by atoms with van der Waals surface area (Å²) in [5, 5.41) is -1.30. The van der Waals surface area contributed by atoms with Gasteiger partial charge in [0.2, 0.25) is 0 Å². The number of aryl methyl sites for hydroxylation is 1. The zero-order chi connectivity index (χ0) is 14.5. The Hall–Kier alpha value is -1.31. The molecule has 0 spiro atoms. The lowest BCUT2D eigenvalue weighted by molar-refractivity contribution is 0.0985. The van der Waals surface area contributed by atoms with Gasteiger partial charge in [-0.3, -0.25) is 4.79 Å². The molecule has 0 saturated carbocycles. The zero-order valence-electron chi connectivity index (χ0n) is 11.2. The fourth-order valence-electron chi connectivity index (χ4n) is 2.00. The number of rotatable bonds is 5. The van der Waals surface area contributed by atoms with Crippen LogP contribution >= 0.6 is 23.2 Å². The molecule has 0 aliphatic carbocycles. The average molecular weight is 307 g/mol. The van der Waals surface area contributed by atoms with Crippen LogP contribution in [0.4, 0.5) is 0 Å². The molecule has 104 valence electrons. The van der Waals surface area contributed by atoms with Gasteiger partial charge in [-0.05, 0) is 17.5 Å². The van der Waals surface area contributed by atoms with E-state index in [9.17, 15) is 4.79 Å². The van der Waals surface area contributed by atoms with Gasteiger partial charge >= 0.3 is 0 Å². The summed E-state index contributed by atoms with van der Waals surface area (Å²) in [6.07, 6.45) is 0.945. The van der Waals surface area contributed by atoms with Gasteiger partial charge in [-0.15, -0.1) is 23.2 Å². The molecule has 0 saturated heterocycles. The van der Waals surface area contributed by atoms with Crippen LogP contribution in [0.25, 0.3) is 0 Å². The molecule has 0 aliphatic rings. The van der Waals surface area contributed by atoms with Crippen molar-refractivity contribution in [2.75, 3.05) is 0 Å². The minimum Gasteiger partial charge on any atom is -0.292 e. The molecule has 0 aliphatic heterocycles. The van der Waals surface area contributed by atoms with Crippen molar-refractivity contribution in [1.82, 2.24) is 0 Å². The molecule has 0 amide bonds. The quantitative estimate of drug-likeness (QED) is 0.560. The van der Waals surface area contributed by atoms with Crippen molar-refractivity contribution in [2.24, 2.45) is 0 Å². The predicted molar refractivity (Wildman–Crippen MR) is 84.8 cm³/mol. The molecule has 0 N–H and O–H groups in total. The SMILES string of the molecule is CCc1ccc(C(=O)[C@H](Cl)[C@H](Cl)c2ccccc2)cc1. The van der Waals surface area contributed by atoms with Crippen LogP contribution < -0.4 is 0 Å². The van der Waals surface area contributed by atoms with Crippen LogP contribution in [0.15, 0.2) is 54.6 Å². The third kappa shape index (κ3) is 3.41. The second kappa shape index (κ2) is 6.92. The fourth-order valence-corrected chi connectivity index (χ4v) is 2.53. The molecule has 0 radical (unpaired) electrons. The van der Waals surface area contributed by atoms with E-state index in [-0.39, 0.29) is 5.78 Å². The molecular weight excluding hydrogens is 291 g/mol. The minimum atomic E-state index is -0.772. The first-order valence-electron chi connectivity index (χ1n) is 6.59. The minimum absolute atomic E-state index is 0.141. The molecule has 3 heteroatoms. The smallest absolute Gasteiger partial charge is 0.182 e. The molecule has 2 atom stereocenters. The first-order valence-corrected chi connectivity index (χ1v) is 7.47. The summed E-state index contributed by atoms with van der Waals surface area (Å²) in [4.78, 5) is 12.3. The van der Waals surface area contributed by atoms with Crippen LogP contribution in [-0.4, -0.2) is 11.2 Å². The molecule has 1 nitrogen and oxygen atoms in total. The molecule has 0 fully saturated rings. The Labute approximate surface area is 129 Å². The summed E-state index contributed by atoms with van der Waals surface area (Å²) < 4.78 is 0. The van der Waals surface area contributed by atoms with Crippen molar-refractivity contribution >= 4 is 29.0 Å². The van der Waals surface area contributed by atoms with Crippen LogP contribution in [0.2, 0.25) is 0 Å². The lowest BCUT2D eigenvalue weighted by Gasteiger charge is -2.15. The summed E-state index contributed by atoms with van der Waals surface area (Å²) in [6, 6.07) is 16.9. The van der Waals surface area contributed by atoms with Crippen LogP contribution in [0.3, 0.4) is 0 Å². The van der Waals surface area contributed by atoms with Gasteiger partial charge in [0.05, 0.1) is 5.38 Å². The topological polar surface area (TPSA) is 17.1 Å². The third-order valence-corrected chi connectivity index (χ3v) is 4.36. The molecule has 20 heavy (non-hydrogen) atoms. The maximum atomic E-state index is 12.3. The molecule has 0 bridgehead atoms.